The van der Waals surface area contributed by atoms with E-state index in [0.29, 0.717) is 18.3 Å². The highest BCUT2D eigenvalue weighted by Gasteiger charge is 2.23. The molecule has 0 amide bonds. The first-order valence-electron chi connectivity index (χ1n) is 12.9. The van der Waals surface area contributed by atoms with Crippen molar-refractivity contribution < 1.29 is 14.0 Å². The van der Waals surface area contributed by atoms with Gasteiger partial charge in [-0.2, -0.15) is 9.68 Å². The summed E-state index contributed by atoms with van der Waals surface area (Å²) in [6.45, 7) is 9.52. The topological polar surface area (TPSA) is 86.9 Å². The molecule has 3 aromatic rings. The number of rotatable bonds is 8. The molecule has 3 heterocycles. The highest BCUT2D eigenvalue weighted by Crippen LogP contribution is 2.39. The molecule has 1 aromatic heterocycles. The van der Waals surface area contributed by atoms with Crippen LogP contribution in [0.1, 0.15) is 19.4 Å². The van der Waals surface area contributed by atoms with Crippen LogP contribution in [0.4, 0.5) is 17.2 Å². The van der Waals surface area contributed by atoms with Gasteiger partial charge < -0.3 is 20.1 Å². The Morgan fingerprint density at radius 1 is 1.21 bits per heavy atom. The average molecular weight is 513 g/mol. The van der Waals surface area contributed by atoms with E-state index in [2.05, 4.69) is 62.5 Å². The van der Waals surface area contributed by atoms with Crippen molar-refractivity contribution in [3.63, 3.8) is 0 Å². The van der Waals surface area contributed by atoms with Gasteiger partial charge in [0, 0.05) is 24.2 Å². The van der Waals surface area contributed by atoms with E-state index in [-0.39, 0.29) is 0 Å². The van der Waals surface area contributed by atoms with Crippen molar-refractivity contribution >= 4 is 40.5 Å². The zero-order valence-corrected chi connectivity index (χ0v) is 22.3. The molecular weight excluding hydrogens is 478 g/mol. The second-order valence-corrected chi connectivity index (χ2v) is 9.57. The number of allylic oxidation sites excluding steroid dienone is 1. The Labute approximate surface area is 223 Å². The number of nitrogens with one attached hydrogen (secondary N) is 2. The smallest absolute Gasteiger partial charge is 0.248 e. The average Bonchev–Trinajstić information content (AvgIpc) is 2.94. The minimum atomic E-state index is 0.411. The maximum atomic E-state index is 6.16. The first kappa shape index (κ1) is 25.4. The summed E-state index contributed by atoms with van der Waals surface area (Å²) in [6.07, 6.45) is 11.5. The summed E-state index contributed by atoms with van der Waals surface area (Å²) in [6, 6.07) is 10.1. The van der Waals surface area contributed by atoms with Gasteiger partial charge in [-0.05, 0) is 54.8 Å². The largest absolute Gasteiger partial charge is 0.490 e. The lowest BCUT2D eigenvalue weighted by atomic mass is 10.1. The maximum Gasteiger partial charge on any atom is 0.248 e. The molecule has 0 aliphatic carbocycles. The fraction of sp³-hybridized carbons (Fsp3) is 0.310. The van der Waals surface area contributed by atoms with E-state index >= 15 is 0 Å². The number of hydrazone groups is 1. The van der Waals surface area contributed by atoms with E-state index in [0.717, 1.165) is 64.7 Å². The van der Waals surface area contributed by atoms with Crippen LogP contribution in [0.25, 0.3) is 10.9 Å². The number of methoxy groups -OCH3 is 1. The van der Waals surface area contributed by atoms with Crippen molar-refractivity contribution in [2.75, 3.05) is 38.6 Å². The minimum Gasteiger partial charge on any atom is -0.490 e. The first-order chi connectivity index (χ1) is 18.5. The molecule has 0 saturated carbocycles. The standard InChI is InChI=1S/C29H34N7O2/c1-20(2)18-33-36-13-9-23(10-14-36)38-26-8-5-22(17-21(26)3)34-29-27-24(31-19-32-29)6-7-25(28(27)37-4)35-15-11-30-12-16-35/h5-10,13,15,17-20,30H,11-12,14,16H2,1-4H3,(H,31,32,34)/q+1/b33-18-. The second-order valence-electron chi connectivity index (χ2n) is 9.57. The molecule has 2 aliphatic rings. The van der Waals surface area contributed by atoms with Crippen molar-refractivity contribution in [3.8, 4) is 11.5 Å². The molecule has 0 fully saturated rings. The monoisotopic (exact) mass is 512 g/mol. The van der Waals surface area contributed by atoms with Gasteiger partial charge in [-0.25, -0.2) is 9.97 Å². The third-order valence-electron chi connectivity index (χ3n) is 6.30. The molecular formula is C29H34N7O2+. The van der Waals surface area contributed by atoms with E-state index in [1.807, 2.05) is 54.7 Å². The maximum absolute atomic E-state index is 6.16. The highest BCUT2D eigenvalue weighted by molar-refractivity contribution is 5.98. The second kappa shape index (κ2) is 11.4. The van der Waals surface area contributed by atoms with Crippen molar-refractivity contribution in [1.82, 2.24) is 20.3 Å². The molecule has 9 nitrogen and oxygen atoms in total. The van der Waals surface area contributed by atoms with Crippen LogP contribution in [-0.4, -0.2) is 65.3 Å². The van der Waals surface area contributed by atoms with E-state index in [9.17, 15) is 0 Å². The van der Waals surface area contributed by atoms with Gasteiger partial charge in [-0.3, -0.25) is 5.01 Å². The van der Waals surface area contributed by atoms with Crippen LogP contribution in [0.15, 0.2) is 65.9 Å². The third-order valence-corrected chi connectivity index (χ3v) is 6.30. The fourth-order valence-electron chi connectivity index (χ4n) is 4.38. The predicted molar refractivity (Wildman–Crippen MR) is 152 cm³/mol. The highest BCUT2D eigenvalue weighted by atomic mass is 16.5. The molecule has 9 heteroatoms. The Bertz CT molecular complexity index is 1440. The number of anilines is 2. The van der Waals surface area contributed by atoms with Crippen molar-refractivity contribution in [1.29, 1.82) is 0 Å². The first-order valence-corrected chi connectivity index (χ1v) is 12.9. The summed E-state index contributed by atoms with van der Waals surface area (Å²) in [5.74, 6) is 3.45. The summed E-state index contributed by atoms with van der Waals surface area (Å²) in [4.78, 5) is 9.05. The van der Waals surface area contributed by atoms with Crippen LogP contribution in [0.3, 0.4) is 0 Å². The summed E-state index contributed by atoms with van der Waals surface area (Å²) in [7, 11) is 1.69. The number of hydrogen-bond acceptors (Lipinski definition) is 8. The van der Waals surface area contributed by atoms with Crippen LogP contribution >= 0.6 is 0 Å². The van der Waals surface area contributed by atoms with Gasteiger partial charge in [-0.15, -0.1) is 0 Å². The normalized spacial score (nSPS) is 15.7. The number of ether oxygens (including phenoxy) is 2. The molecule has 5 rings (SSSR count). The zero-order chi connectivity index (χ0) is 26.5. The summed E-state index contributed by atoms with van der Waals surface area (Å²) in [5, 5.41) is 14.0. The number of hydrogen-bond donors (Lipinski definition) is 2. The molecule has 2 aliphatic heterocycles. The van der Waals surface area contributed by atoms with Gasteiger partial charge in [-0.1, -0.05) is 13.8 Å². The van der Waals surface area contributed by atoms with Crippen molar-refractivity contribution in [2.45, 2.75) is 20.8 Å². The van der Waals surface area contributed by atoms with E-state index < -0.39 is 0 Å². The third kappa shape index (κ3) is 5.68. The number of nitrogens with zero attached hydrogens (tertiary/aromatic N) is 5. The summed E-state index contributed by atoms with van der Waals surface area (Å²) >= 11 is 0. The van der Waals surface area contributed by atoms with Crippen LogP contribution in [-0.2, 0) is 0 Å². The van der Waals surface area contributed by atoms with Gasteiger partial charge in [0.2, 0.25) is 11.4 Å². The van der Waals surface area contributed by atoms with Crippen LogP contribution in [0, 0.1) is 12.8 Å². The van der Waals surface area contributed by atoms with E-state index in [1.165, 1.54) is 0 Å². The lowest BCUT2D eigenvalue weighted by Gasteiger charge is -2.19. The molecule has 0 spiro atoms. The summed E-state index contributed by atoms with van der Waals surface area (Å²) in [5.41, 5.74) is 3.73. The molecule has 0 bridgehead atoms. The van der Waals surface area contributed by atoms with Crippen LogP contribution in [0.5, 0.6) is 11.5 Å². The fourth-order valence-corrected chi connectivity index (χ4v) is 4.38. The van der Waals surface area contributed by atoms with Crippen LogP contribution in [0.2, 0.25) is 0 Å². The van der Waals surface area contributed by atoms with Gasteiger partial charge >= 0.3 is 0 Å². The Morgan fingerprint density at radius 2 is 2.11 bits per heavy atom. The van der Waals surface area contributed by atoms with Crippen molar-refractivity contribution in [3.05, 3.63) is 66.3 Å². The SMILES string of the molecule is COc1c([N+]2=CCNCC2)ccc2ncnc(Nc3ccc(OC4=CCN(/N=C\C(C)C)C=C4)c(C)c3)c12. The predicted octanol–water partition coefficient (Wildman–Crippen LogP) is 4.74. The number of aromatic nitrogens is 2. The molecule has 38 heavy (non-hydrogen) atoms. The molecule has 2 aromatic carbocycles. The molecule has 0 radical (unpaired) electrons. The van der Waals surface area contributed by atoms with Gasteiger partial charge in [0.1, 0.15) is 23.7 Å². The molecule has 0 unspecified atom stereocenters. The minimum absolute atomic E-state index is 0.411. The molecule has 2 N–H and O–H groups in total. The summed E-state index contributed by atoms with van der Waals surface area (Å²) < 4.78 is 14.3. The molecule has 196 valence electrons. The van der Waals surface area contributed by atoms with Gasteiger partial charge in [0.05, 0.1) is 37.6 Å². The molecule has 0 saturated heterocycles. The number of fused-ring (bicyclic) bond motifs is 1. The molecule has 0 atom stereocenters. The lowest BCUT2D eigenvalue weighted by Crippen LogP contribution is -2.33. The van der Waals surface area contributed by atoms with Crippen LogP contribution < -0.4 is 20.1 Å². The number of benzene rings is 2. The Kier molecular flexibility index (Phi) is 7.65. The van der Waals surface area contributed by atoms with Crippen molar-refractivity contribution in [2.24, 2.45) is 11.0 Å². The number of aryl methyl sites for hydroxylation is 1. The van der Waals surface area contributed by atoms with Gasteiger partial charge in [0.15, 0.2) is 12.8 Å². The van der Waals surface area contributed by atoms with E-state index in [4.69, 9.17) is 9.47 Å². The Morgan fingerprint density at radius 3 is 2.82 bits per heavy atom. The Hall–Kier alpha value is -4.24. The zero-order valence-electron chi connectivity index (χ0n) is 22.3. The lowest BCUT2D eigenvalue weighted by molar-refractivity contribution is -0.438. The Balaban J connectivity index is 1.36. The van der Waals surface area contributed by atoms with E-state index in [1.54, 1.807) is 13.4 Å². The van der Waals surface area contributed by atoms with Gasteiger partial charge in [0.25, 0.3) is 0 Å². The quantitative estimate of drug-likeness (QED) is 0.333.